The highest BCUT2D eigenvalue weighted by Gasteiger charge is 2.27. The number of amides is 4. The SMILES string of the molecule is O=C1CNC(=O)C1.O=C1CNC(=O)N1CCCBr. The summed E-state index contributed by atoms with van der Waals surface area (Å²) < 4.78 is 0. The zero-order valence-corrected chi connectivity index (χ0v) is 11.3. The van der Waals surface area contributed by atoms with Gasteiger partial charge in [0.15, 0.2) is 5.78 Å². The lowest BCUT2D eigenvalue weighted by atomic mass is 10.3. The summed E-state index contributed by atoms with van der Waals surface area (Å²) in [7, 11) is 0. The molecule has 8 heteroatoms. The number of alkyl halides is 1. The second-order valence-electron chi connectivity index (χ2n) is 3.74. The van der Waals surface area contributed by atoms with Crippen molar-refractivity contribution in [3.05, 3.63) is 0 Å². The normalized spacial score (nSPS) is 18.4. The van der Waals surface area contributed by atoms with Gasteiger partial charge >= 0.3 is 6.03 Å². The van der Waals surface area contributed by atoms with Crippen LogP contribution in [0.25, 0.3) is 0 Å². The predicted octanol–water partition coefficient (Wildman–Crippen LogP) is -0.601. The number of Topliss-reactive ketones (excluding diaryl/α,β-unsaturated/α-hetero) is 1. The van der Waals surface area contributed by atoms with Crippen molar-refractivity contribution in [1.82, 2.24) is 15.5 Å². The van der Waals surface area contributed by atoms with Gasteiger partial charge < -0.3 is 10.6 Å². The molecular weight excluding hydrogens is 306 g/mol. The number of hydrogen-bond acceptors (Lipinski definition) is 4. The van der Waals surface area contributed by atoms with Crippen LogP contribution in [0.2, 0.25) is 0 Å². The zero-order valence-electron chi connectivity index (χ0n) is 9.70. The molecule has 0 aromatic heterocycles. The van der Waals surface area contributed by atoms with Gasteiger partial charge in [0.05, 0.1) is 19.5 Å². The van der Waals surface area contributed by atoms with Gasteiger partial charge in [-0.25, -0.2) is 4.79 Å². The minimum absolute atomic E-state index is 0.00926. The van der Waals surface area contributed by atoms with E-state index >= 15 is 0 Å². The minimum Gasteiger partial charge on any atom is -0.349 e. The Morgan fingerprint density at radius 1 is 1.11 bits per heavy atom. The Morgan fingerprint density at radius 2 is 1.83 bits per heavy atom. The molecule has 2 heterocycles. The summed E-state index contributed by atoms with van der Waals surface area (Å²) in [6, 6.07) is -0.268. The lowest BCUT2D eigenvalue weighted by Gasteiger charge is -2.09. The Kier molecular flexibility index (Phi) is 5.76. The molecule has 0 aromatic rings. The molecule has 2 rings (SSSR count). The second kappa shape index (κ2) is 7.10. The van der Waals surface area contributed by atoms with Crippen molar-refractivity contribution in [3.8, 4) is 0 Å². The van der Waals surface area contributed by atoms with E-state index in [1.165, 1.54) is 4.90 Å². The largest absolute Gasteiger partial charge is 0.349 e. The maximum Gasteiger partial charge on any atom is 0.324 e. The van der Waals surface area contributed by atoms with Crippen molar-refractivity contribution in [2.24, 2.45) is 0 Å². The lowest BCUT2D eigenvalue weighted by molar-refractivity contribution is -0.125. The first-order chi connectivity index (χ1) is 8.54. The van der Waals surface area contributed by atoms with Crippen LogP contribution < -0.4 is 10.6 Å². The number of hydrogen-bond donors (Lipinski definition) is 2. The van der Waals surface area contributed by atoms with Crippen molar-refractivity contribution < 1.29 is 19.2 Å². The molecule has 2 N–H and O–H groups in total. The van der Waals surface area contributed by atoms with Crippen molar-refractivity contribution in [3.63, 3.8) is 0 Å². The van der Waals surface area contributed by atoms with E-state index in [-0.39, 0.29) is 43.1 Å². The fourth-order valence-corrected chi connectivity index (χ4v) is 1.65. The topological polar surface area (TPSA) is 95.6 Å². The summed E-state index contributed by atoms with van der Waals surface area (Å²) in [6.07, 6.45) is 0.888. The van der Waals surface area contributed by atoms with Crippen LogP contribution in [0.1, 0.15) is 12.8 Å². The van der Waals surface area contributed by atoms with E-state index in [2.05, 4.69) is 26.6 Å². The third-order valence-electron chi connectivity index (χ3n) is 2.29. The molecule has 4 amide bonds. The third kappa shape index (κ3) is 4.44. The van der Waals surface area contributed by atoms with Crippen LogP contribution in [0.15, 0.2) is 0 Å². The quantitative estimate of drug-likeness (QED) is 0.412. The highest BCUT2D eigenvalue weighted by molar-refractivity contribution is 9.09. The number of nitrogens with zero attached hydrogens (tertiary/aromatic N) is 1. The number of carbonyl (C=O) groups is 4. The molecule has 0 unspecified atom stereocenters. The molecule has 100 valence electrons. The molecule has 0 saturated carbocycles. The van der Waals surface area contributed by atoms with E-state index < -0.39 is 0 Å². The van der Waals surface area contributed by atoms with Crippen LogP contribution in [-0.4, -0.2) is 53.5 Å². The van der Waals surface area contributed by atoms with Crippen molar-refractivity contribution in [2.75, 3.05) is 25.0 Å². The third-order valence-corrected chi connectivity index (χ3v) is 2.85. The van der Waals surface area contributed by atoms with Crippen LogP contribution >= 0.6 is 15.9 Å². The Morgan fingerprint density at radius 3 is 2.17 bits per heavy atom. The highest BCUT2D eigenvalue weighted by Crippen LogP contribution is 2.00. The van der Waals surface area contributed by atoms with E-state index in [4.69, 9.17) is 0 Å². The van der Waals surface area contributed by atoms with Gasteiger partial charge in [0, 0.05) is 11.9 Å². The maximum absolute atomic E-state index is 10.9. The highest BCUT2D eigenvalue weighted by atomic mass is 79.9. The molecule has 0 radical (unpaired) electrons. The van der Waals surface area contributed by atoms with Crippen LogP contribution in [0, 0.1) is 0 Å². The van der Waals surface area contributed by atoms with Gasteiger partial charge in [-0.15, -0.1) is 0 Å². The molecule has 0 aliphatic carbocycles. The molecular formula is C10H14BrN3O4. The number of urea groups is 1. The Labute approximate surface area is 112 Å². The second-order valence-corrected chi connectivity index (χ2v) is 4.53. The average molecular weight is 320 g/mol. The van der Waals surface area contributed by atoms with E-state index in [1.54, 1.807) is 0 Å². The fourth-order valence-electron chi connectivity index (χ4n) is 1.40. The Balaban J connectivity index is 0.000000199. The van der Waals surface area contributed by atoms with Gasteiger partial charge in [-0.1, -0.05) is 15.9 Å². The molecule has 18 heavy (non-hydrogen) atoms. The zero-order chi connectivity index (χ0) is 13.5. The summed E-state index contributed by atoms with van der Waals surface area (Å²) in [5.41, 5.74) is 0. The van der Waals surface area contributed by atoms with Gasteiger partial charge in [0.1, 0.15) is 0 Å². The van der Waals surface area contributed by atoms with Gasteiger partial charge in [-0.3, -0.25) is 19.3 Å². The van der Waals surface area contributed by atoms with Gasteiger partial charge in [0.2, 0.25) is 11.8 Å². The summed E-state index contributed by atoms with van der Waals surface area (Å²) in [6.45, 7) is 0.899. The first kappa shape index (κ1) is 14.6. The van der Waals surface area contributed by atoms with E-state index in [0.717, 1.165) is 11.8 Å². The van der Waals surface area contributed by atoms with Gasteiger partial charge in [0.25, 0.3) is 0 Å². The van der Waals surface area contributed by atoms with Crippen LogP contribution in [-0.2, 0) is 14.4 Å². The monoisotopic (exact) mass is 319 g/mol. The summed E-state index contributed by atoms with van der Waals surface area (Å²) in [4.78, 5) is 43.3. The number of rotatable bonds is 3. The Bertz CT molecular complexity index is 342. The first-order valence-electron chi connectivity index (χ1n) is 5.47. The van der Waals surface area contributed by atoms with Crippen molar-refractivity contribution in [1.29, 1.82) is 0 Å². The Hall–Kier alpha value is -1.44. The van der Waals surface area contributed by atoms with E-state index in [1.807, 2.05) is 0 Å². The maximum atomic E-state index is 10.9. The van der Waals surface area contributed by atoms with Crippen LogP contribution in [0.5, 0.6) is 0 Å². The van der Waals surface area contributed by atoms with Crippen molar-refractivity contribution >= 4 is 39.6 Å². The smallest absolute Gasteiger partial charge is 0.324 e. The van der Waals surface area contributed by atoms with Crippen LogP contribution in [0.4, 0.5) is 4.79 Å². The molecule has 0 aromatic carbocycles. The molecule has 2 saturated heterocycles. The fraction of sp³-hybridized carbons (Fsp3) is 0.600. The molecule has 0 spiro atoms. The molecule has 2 aliphatic heterocycles. The first-order valence-corrected chi connectivity index (χ1v) is 6.59. The summed E-state index contributed by atoms with van der Waals surface area (Å²) in [5.74, 6) is -0.286. The average Bonchev–Trinajstić information content (AvgIpc) is 2.85. The number of carbonyl (C=O) groups excluding carboxylic acids is 4. The van der Waals surface area contributed by atoms with E-state index in [0.29, 0.717) is 6.54 Å². The standard InChI is InChI=1S/C6H9BrN2O2.C4H5NO2/c7-2-1-3-9-5(10)4-8-6(9)11;6-3-1-4(7)5-2-3/h1-4H2,(H,8,11);1-2H2,(H,5,7). The number of halogens is 1. The van der Waals surface area contributed by atoms with Gasteiger partial charge in [-0.2, -0.15) is 0 Å². The molecule has 2 aliphatic rings. The lowest BCUT2D eigenvalue weighted by Crippen LogP contribution is -2.31. The summed E-state index contributed by atoms with van der Waals surface area (Å²) in [5, 5.41) is 5.64. The van der Waals surface area contributed by atoms with Gasteiger partial charge in [-0.05, 0) is 6.42 Å². The molecule has 2 fully saturated rings. The molecule has 7 nitrogen and oxygen atoms in total. The minimum atomic E-state index is -0.268. The number of imide groups is 1. The van der Waals surface area contributed by atoms with Crippen LogP contribution in [0.3, 0.4) is 0 Å². The number of ketones is 1. The van der Waals surface area contributed by atoms with Crippen molar-refractivity contribution in [2.45, 2.75) is 12.8 Å². The number of nitrogens with one attached hydrogen (secondary N) is 2. The predicted molar refractivity (Wildman–Crippen MR) is 66.2 cm³/mol. The van der Waals surface area contributed by atoms with E-state index in [9.17, 15) is 19.2 Å². The molecule has 0 atom stereocenters. The summed E-state index contributed by atoms with van der Waals surface area (Å²) >= 11 is 3.23. The molecule has 0 bridgehead atoms.